The number of hydrogen-bond acceptors (Lipinski definition) is 2. The second kappa shape index (κ2) is 7.08. The third-order valence-corrected chi connectivity index (χ3v) is 4.35. The van der Waals surface area contributed by atoms with E-state index in [9.17, 15) is 4.79 Å². The van der Waals surface area contributed by atoms with Gasteiger partial charge >= 0.3 is 0 Å². The number of carbonyl (C=O) groups is 1. The van der Waals surface area contributed by atoms with E-state index in [-0.39, 0.29) is 18.1 Å². The topological polar surface area (TPSA) is 32.3 Å². The molecule has 2 unspecified atom stereocenters. The van der Waals surface area contributed by atoms with Crippen LogP contribution in [0, 0.1) is 13.8 Å². The number of hydrogen-bond donors (Lipinski definition) is 1. The Morgan fingerprint density at radius 1 is 1.19 bits per heavy atom. The van der Waals surface area contributed by atoms with Crippen molar-refractivity contribution in [3.05, 3.63) is 34.9 Å². The van der Waals surface area contributed by atoms with Crippen LogP contribution in [-0.2, 0) is 4.79 Å². The monoisotopic (exact) mass is 288 g/mol. The average Bonchev–Trinajstić information content (AvgIpc) is 2.74. The summed E-state index contributed by atoms with van der Waals surface area (Å²) in [4.78, 5) is 14.4. The molecule has 1 fully saturated rings. The first-order chi connectivity index (χ1) is 10.0. The molecular weight excluding hydrogens is 260 g/mol. The molecule has 3 nitrogen and oxygen atoms in total. The summed E-state index contributed by atoms with van der Waals surface area (Å²) in [6.45, 7) is 9.26. The highest BCUT2D eigenvalue weighted by molar-refractivity contribution is 5.84. The van der Waals surface area contributed by atoms with Crippen molar-refractivity contribution in [1.29, 1.82) is 0 Å². The van der Waals surface area contributed by atoms with Crippen LogP contribution in [0.4, 0.5) is 0 Å². The van der Waals surface area contributed by atoms with Gasteiger partial charge in [0.05, 0.1) is 6.04 Å². The Morgan fingerprint density at radius 3 is 2.67 bits per heavy atom. The highest BCUT2D eigenvalue weighted by Crippen LogP contribution is 2.28. The maximum atomic E-state index is 12.4. The molecule has 1 aliphatic heterocycles. The normalized spacial score (nSPS) is 22.1. The van der Waals surface area contributed by atoms with E-state index in [2.05, 4.69) is 44.3 Å². The Labute approximate surface area is 128 Å². The van der Waals surface area contributed by atoms with E-state index in [1.54, 1.807) is 0 Å². The zero-order valence-electron chi connectivity index (χ0n) is 13.8. The summed E-state index contributed by atoms with van der Waals surface area (Å²) in [5.74, 6) is 0.234. The van der Waals surface area contributed by atoms with Gasteiger partial charge < -0.3 is 4.90 Å². The summed E-state index contributed by atoms with van der Waals surface area (Å²) < 4.78 is 0. The molecule has 2 atom stereocenters. The van der Waals surface area contributed by atoms with Crippen LogP contribution in [0.3, 0.4) is 0 Å². The number of unbranched alkanes of at least 4 members (excludes halogenated alkanes) is 3. The Kier molecular flexibility index (Phi) is 5.40. The fourth-order valence-electron chi connectivity index (χ4n) is 3.03. The molecule has 2 rings (SSSR count). The summed E-state index contributed by atoms with van der Waals surface area (Å²) in [6, 6.07) is 6.40. The number of nitrogens with one attached hydrogen (secondary N) is 1. The number of nitrogens with zero attached hydrogens (tertiary/aromatic N) is 1. The van der Waals surface area contributed by atoms with Gasteiger partial charge in [0.25, 0.3) is 0 Å². The first-order valence-electron chi connectivity index (χ1n) is 8.18. The van der Waals surface area contributed by atoms with Gasteiger partial charge in [-0.2, -0.15) is 0 Å². The van der Waals surface area contributed by atoms with Crippen molar-refractivity contribution in [2.24, 2.45) is 0 Å². The molecular formula is C18H28N2O. The minimum absolute atomic E-state index is 0.0361. The first kappa shape index (κ1) is 16.0. The minimum atomic E-state index is -0.0823. The van der Waals surface area contributed by atoms with E-state index < -0.39 is 0 Å². The SMILES string of the molecule is CCCCCCN1C(=O)C(C)NC1c1cc(C)ccc1C. The summed E-state index contributed by atoms with van der Waals surface area (Å²) in [7, 11) is 0. The van der Waals surface area contributed by atoms with Crippen molar-refractivity contribution < 1.29 is 4.79 Å². The van der Waals surface area contributed by atoms with Gasteiger partial charge in [-0.25, -0.2) is 0 Å². The quantitative estimate of drug-likeness (QED) is 0.809. The van der Waals surface area contributed by atoms with Gasteiger partial charge in [0, 0.05) is 6.54 Å². The van der Waals surface area contributed by atoms with Gasteiger partial charge in [-0.3, -0.25) is 10.1 Å². The highest BCUT2D eigenvalue weighted by Gasteiger charge is 2.37. The van der Waals surface area contributed by atoms with Crippen LogP contribution >= 0.6 is 0 Å². The molecule has 0 aromatic heterocycles. The lowest BCUT2D eigenvalue weighted by atomic mass is 10.0. The Balaban J connectivity index is 2.15. The Morgan fingerprint density at radius 2 is 1.95 bits per heavy atom. The number of aryl methyl sites for hydroxylation is 2. The fraction of sp³-hybridized carbons (Fsp3) is 0.611. The van der Waals surface area contributed by atoms with Gasteiger partial charge in [0.2, 0.25) is 5.91 Å². The molecule has 1 aliphatic rings. The summed E-state index contributed by atoms with van der Waals surface area (Å²) in [6.07, 6.45) is 4.81. The maximum Gasteiger partial charge on any atom is 0.241 e. The molecule has 0 aliphatic carbocycles. The van der Waals surface area contributed by atoms with E-state index in [0.29, 0.717) is 0 Å². The molecule has 3 heteroatoms. The molecule has 0 radical (unpaired) electrons. The average molecular weight is 288 g/mol. The van der Waals surface area contributed by atoms with Gasteiger partial charge in [-0.05, 0) is 38.3 Å². The molecule has 1 amide bonds. The van der Waals surface area contributed by atoms with Crippen LogP contribution in [0.2, 0.25) is 0 Å². The van der Waals surface area contributed by atoms with Crippen molar-refractivity contribution in [2.45, 2.75) is 65.6 Å². The minimum Gasteiger partial charge on any atom is -0.322 e. The van der Waals surface area contributed by atoms with Crippen LogP contribution in [0.25, 0.3) is 0 Å². The van der Waals surface area contributed by atoms with Crippen molar-refractivity contribution in [2.75, 3.05) is 6.54 Å². The Hall–Kier alpha value is -1.35. The molecule has 0 bridgehead atoms. The highest BCUT2D eigenvalue weighted by atomic mass is 16.2. The maximum absolute atomic E-state index is 12.4. The van der Waals surface area contributed by atoms with Gasteiger partial charge in [0.15, 0.2) is 0 Å². The van der Waals surface area contributed by atoms with E-state index in [1.165, 1.54) is 36.0 Å². The van der Waals surface area contributed by atoms with Crippen molar-refractivity contribution in [3.8, 4) is 0 Å². The second-order valence-electron chi connectivity index (χ2n) is 6.24. The molecule has 1 aromatic rings. The smallest absolute Gasteiger partial charge is 0.241 e. The molecule has 21 heavy (non-hydrogen) atoms. The third kappa shape index (κ3) is 3.65. The predicted molar refractivity (Wildman–Crippen MR) is 87.1 cm³/mol. The lowest BCUT2D eigenvalue weighted by molar-refractivity contribution is -0.129. The standard InChI is InChI=1S/C18H28N2O/c1-5-6-7-8-11-20-17(19-15(4)18(20)21)16-12-13(2)9-10-14(16)3/h9-10,12,15,17,19H,5-8,11H2,1-4H3. The zero-order chi connectivity index (χ0) is 15.4. The van der Waals surface area contributed by atoms with E-state index in [4.69, 9.17) is 0 Å². The van der Waals surface area contributed by atoms with Crippen LogP contribution in [-0.4, -0.2) is 23.4 Å². The van der Waals surface area contributed by atoms with Gasteiger partial charge in [-0.1, -0.05) is 49.9 Å². The van der Waals surface area contributed by atoms with E-state index in [1.807, 2.05) is 11.8 Å². The van der Waals surface area contributed by atoms with Crippen molar-refractivity contribution in [3.63, 3.8) is 0 Å². The first-order valence-corrected chi connectivity index (χ1v) is 8.18. The molecule has 116 valence electrons. The fourth-order valence-corrected chi connectivity index (χ4v) is 3.03. The molecule has 1 aromatic carbocycles. The molecule has 1 saturated heterocycles. The van der Waals surface area contributed by atoms with Crippen LogP contribution in [0.1, 0.15) is 62.4 Å². The number of rotatable bonds is 6. The summed E-state index contributed by atoms with van der Waals surface area (Å²) in [5.41, 5.74) is 3.73. The number of benzene rings is 1. The molecule has 0 saturated carbocycles. The van der Waals surface area contributed by atoms with Crippen LogP contribution in [0.15, 0.2) is 18.2 Å². The number of carbonyl (C=O) groups excluding carboxylic acids is 1. The van der Waals surface area contributed by atoms with E-state index in [0.717, 1.165) is 13.0 Å². The summed E-state index contributed by atoms with van der Waals surface area (Å²) in [5, 5.41) is 3.46. The van der Waals surface area contributed by atoms with E-state index >= 15 is 0 Å². The van der Waals surface area contributed by atoms with Crippen molar-refractivity contribution >= 4 is 5.91 Å². The lowest BCUT2D eigenvalue weighted by Crippen LogP contribution is -2.32. The Bertz CT molecular complexity index is 498. The van der Waals surface area contributed by atoms with Gasteiger partial charge in [-0.15, -0.1) is 0 Å². The van der Waals surface area contributed by atoms with Gasteiger partial charge in [0.1, 0.15) is 6.17 Å². The van der Waals surface area contributed by atoms with Crippen LogP contribution < -0.4 is 5.32 Å². The van der Waals surface area contributed by atoms with Crippen LogP contribution in [0.5, 0.6) is 0 Å². The third-order valence-electron chi connectivity index (χ3n) is 4.35. The zero-order valence-corrected chi connectivity index (χ0v) is 13.8. The predicted octanol–water partition coefficient (Wildman–Crippen LogP) is 3.70. The largest absolute Gasteiger partial charge is 0.322 e. The second-order valence-corrected chi connectivity index (χ2v) is 6.24. The van der Waals surface area contributed by atoms with Crippen molar-refractivity contribution in [1.82, 2.24) is 10.2 Å². The number of amides is 1. The lowest BCUT2D eigenvalue weighted by Gasteiger charge is -2.26. The molecule has 1 heterocycles. The summed E-state index contributed by atoms with van der Waals surface area (Å²) >= 11 is 0. The molecule has 1 N–H and O–H groups in total. The molecule has 0 spiro atoms.